The molecule has 5 heteroatoms. The summed E-state index contributed by atoms with van der Waals surface area (Å²) >= 11 is 1.59. The van der Waals surface area contributed by atoms with Gasteiger partial charge in [0.25, 0.3) is 0 Å². The van der Waals surface area contributed by atoms with Crippen LogP contribution in [0.15, 0.2) is 29.6 Å². The maximum atomic E-state index is 5.75. The highest BCUT2D eigenvalue weighted by atomic mass is 32.1. The van der Waals surface area contributed by atoms with Crippen molar-refractivity contribution < 1.29 is 0 Å². The van der Waals surface area contributed by atoms with Crippen LogP contribution >= 0.6 is 11.3 Å². The van der Waals surface area contributed by atoms with Crippen LogP contribution in [0, 0.1) is 6.92 Å². The Labute approximate surface area is 115 Å². The molecule has 0 amide bonds. The van der Waals surface area contributed by atoms with E-state index in [0.29, 0.717) is 6.54 Å². The van der Waals surface area contributed by atoms with Crippen molar-refractivity contribution in [2.75, 3.05) is 0 Å². The van der Waals surface area contributed by atoms with Crippen LogP contribution in [0.5, 0.6) is 0 Å². The van der Waals surface area contributed by atoms with E-state index in [1.165, 1.54) is 11.1 Å². The van der Waals surface area contributed by atoms with E-state index in [9.17, 15) is 0 Å². The summed E-state index contributed by atoms with van der Waals surface area (Å²) in [5, 5.41) is 10.5. The zero-order chi connectivity index (χ0) is 13.2. The van der Waals surface area contributed by atoms with Crippen molar-refractivity contribution in [3.63, 3.8) is 0 Å². The van der Waals surface area contributed by atoms with Gasteiger partial charge in [-0.05, 0) is 18.9 Å². The largest absolute Gasteiger partial charge is 0.325 e. The van der Waals surface area contributed by atoms with Crippen LogP contribution in [0.4, 0.5) is 0 Å². The third-order valence-electron chi connectivity index (χ3n) is 3.22. The van der Waals surface area contributed by atoms with Gasteiger partial charge in [0.15, 0.2) is 0 Å². The molecule has 0 aliphatic rings. The minimum atomic E-state index is 0.523. The lowest BCUT2D eigenvalue weighted by Gasteiger charge is -2.02. The molecule has 0 aliphatic heterocycles. The fraction of sp³-hybridized carbons (Fsp3) is 0.286. The van der Waals surface area contributed by atoms with Crippen LogP contribution in [0.2, 0.25) is 0 Å². The monoisotopic (exact) mass is 272 g/mol. The van der Waals surface area contributed by atoms with Crippen molar-refractivity contribution in [3.8, 4) is 0 Å². The molecule has 0 atom stereocenters. The van der Waals surface area contributed by atoms with Crippen molar-refractivity contribution in [2.24, 2.45) is 5.73 Å². The first kappa shape index (κ1) is 12.3. The Morgan fingerprint density at radius 2 is 2.16 bits per heavy atom. The number of aryl methyl sites for hydroxylation is 3. The standard InChI is InChI=1S/C14H16N4S/c1-10-3-2-4-11(7-10)5-6-13-16-17-14-18(13)12(8-15)9-19-14/h2-4,7,9H,5-6,8,15H2,1H3. The van der Waals surface area contributed by atoms with E-state index in [4.69, 9.17) is 5.73 Å². The summed E-state index contributed by atoms with van der Waals surface area (Å²) in [6.07, 6.45) is 1.86. The molecular weight excluding hydrogens is 256 g/mol. The summed E-state index contributed by atoms with van der Waals surface area (Å²) in [5.74, 6) is 0.998. The van der Waals surface area contributed by atoms with E-state index in [2.05, 4.69) is 51.2 Å². The number of hydrogen-bond acceptors (Lipinski definition) is 4. The molecule has 0 bridgehead atoms. The van der Waals surface area contributed by atoms with E-state index in [1.807, 2.05) is 0 Å². The van der Waals surface area contributed by atoms with Crippen LogP contribution in [-0.2, 0) is 19.4 Å². The fourth-order valence-corrected chi connectivity index (χ4v) is 3.12. The number of hydrogen-bond donors (Lipinski definition) is 1. The zero-order valence-corrected chi connectivity index (χ0v) is 11.7. The number of aromatic nitrogens is 3. The van der Waals surface area contributed by atoms with Crippen molar-refractivity contribution in [2.45, 2.75) is 26.3 Å². The van der Waals surface area contributed by atoms with Gasteiger partial charge >= 0.3 is 0 Å². The Morgan fingerprint density at radius 1 is 1.26 bits per heavy atom. The van der Waals surface area contributed by atoms with Gasteiger partial charge in [-0.25, -0.2) is 0 Å². The number of thiazole rings is 1. The summed E-state index contributed by atoms with van der Waals surface area (Å²) in [5.41, 5.74) is 9.46. The molecule has 0 spiro atoms. The SMILES string of the molecule is Cc1cccc(CCc2nnc3scc(CN)n23)c1. The van der Waals surface area contributed by atoms with E-state index >= 15 is 0 Å². The Hall–Kier alpha value is -1.72. The second kappa shape index (κ2) is 5.11. The molecule has 0 radical (unpaired) electrons. The molecule has 0 saturated heterocycles. The average molecular weight is 272 g/mol. The smallest absolute Gasteiger partial charge is 0.216 e. The van der Waals surface area contributed by atoms with Gasteiger partial charge in [-0.15, -0.1) is 21.5 Å². The molecule has 0 unspecified atom stereocenters. The van der Waals surface area contributed by atoms with Gasteiger partial charge in [-0.2, -0.15) is 0 Å². The maximum absolute atomic E-state index is 5.75. The first-order chi connectivity index (χ1) is 9.28. The first-order valence-corrected chi connectivity index (χ1v) is 7.22. The zero-order valence-electron chi connectivity index (χ0n) is 10.8. The fourth-order valence-electron chi connectivity index (χ4n) is 2.26. The third kappa shape index (κ3) is 2.39. The second-order valence-corrected chi connectivity index (χ2v) is 5.49. The normalized spacial score (nSPS) is 11.3. The number of nitrogens with two attached hydrogens (primary N) is 1. The maximum Gasteiger partial charge on any atom is 0.216 e. The summed E-state index contributed by atoms with van der Waals surface area (Å²) < 4.78 is 2.08. The Balaban J connectivity index is 1.83. The predicted molar refractivity (Wildman–Crippen MR) is 77.3 cm³/mol. The first-order valence-electron chi connectivity index (χ1n) is 6.34. The van der Waals surface area contributed by atoms with Crippen molar-refractivity contribution in [3.05, 3.63) is 52.3 Å². The lowest BCUT2D eigenvalue weighted by molar-refractivity contribution is 0.814. The van der Waals surface area contributed by atoms with Crippen LogP contribution in [0.3, 0.4) is 0 Å². The van der Waals surface area contributed by atoms with Gasteiger partial charge in [0.1, 0.15) is 5.82 Å². The lowest BCUT2D eigenvalue weighted by atomic mass is 10.1. The highest BCUT2D eigenvalue weighted by molar-refractivity contribution is 7.15. The highest BCUT2D eigenvalue weighted by Crippen LogP contribution is 2.17. The molecule has 0 saturated carbocycles. The molecule has 3 aromatic rings. The average Bonchev–Trinajstić information content (AvgIpc) is 2.98. The van der Waals surface area contributed by atoms with Gasteiger partial charge in [-0.1, -0.05) is 29.8 Å². The molecule has 3 rings (SSSR count). The quantitative estimate of drug-likeness (QED) is 0.793. The number of fused-ring (bicyclic) bond motifs is 1. The molecule has 2 aromatic heterocycles. The Morgan fingerprint density at radius 3 is 2.95 bits per heavy atom. The van der Waals surface area contributed by atoms with Crippen LogP contribution in [0.25, 0.3) is 4.96 Å². The summed E-state index contributed by atoms with van der Waals surface area (Å²) in [7, 11) is 0. The number of benzene rings is 1. The van der Waals surface area contributed by atoms with E-state index < -0.39 is 0 Å². The van der Waals surface area contributed by atoms with Gasteiger partial charge in [-0.3, -0.25) is 4.40 Å². The molecule has 2 heterocycles. The summed E-state index contributed by atoms with van der Waals surface area (Å²) in [6.45, 7) is 2.64. The minimum Gasteiger partial charge on any atom is -0.325 e. The van der Waals surface area contributed by atoms with Crippen LogP contribution in [-0.4, -0.2) is 14.6 Å². The van der Waals surface area contributed by atoms with Gasteiger partial charge in [0.2, 0.25) is 4.96 Å². The van der Waals surface area contributed by atoms with E-state index in [1.54, 1.807) is 11.3 Å². The Kier molecular flexibility index (Phi) is 3.31. The molecule has 2 N–H and O–H groups in total. The summed E-state index contributed by atoms with van der Waals surface area (Å²) in [4.78, 5) is 0.930. The second-order valence-electron chi connectivity index (χ2n) is 4.65. The Bertz CT molecular complexity index is 698. The van der Waals surface area contributed by atoms with Crippen molar-refractivity contribution in [1.29, 1.82) is 0 Å². The van der Waals surface area contributed by atoms with Crippen molar-refractivity contribution in [1.82, 2.24) is 14.6 Å². The highest BCUT2D eigenvalue weighted by Gasteiger charge is 2.10. The molecular formula is C14H16N4S. The summed E-state index contributed by atoms with van der Waals surface area (Å²) in [6, 6.07) is 8.59. The number of rotatable bonds is 4. The van der Waals surface area contributed by atoms with Gasteiger partial charge < -0.3 is 5.73 Å². The molecule has 4 nitrogen and oxygen atoms in total. The van der Waals surface area contributed by atoms with Crippen LogP contribution in [0.1, 0.15) is 22.6 Å². The number of nitrogens with zero attached hydrogens (tertiary/aromatic N) is 3. The van der Waals surface area contributed by atoms with Gasteiger partial charge in [0.05, 0.1) is 5.69 Å². The molecule has 1 aromatic carbocycles. The molecule has 98 valence electrons. The van der Waals surface area contributed by atoms with Gasteiger partial charge in [0, 0.05) is 18.3 Å². The molecule has 0 aliphatic carbocycles. The topological polar surface area (TPSA) is 56.2 Å². The minimum absolute atomic E-state index is 0.523. The predicted octanol–water partition coefficient (Wildman–Crippen LogP) is 2.34. The molecule has 0 fully saturated rings. The van der Waals surface area contributed by atoms with E-state index in [0.717, 1.165) is 29.3 Å². The van der Waals surface area contributed by atoms with Crippen molar-refractivity contribution >= 4 is 16.3 Å². The van der Waals surface area contributed by atoms with Crippen LogP contribution < -0.4 is 5.73 Å². The lowest BCUT2D eigenvalue weighted by Crippen LogP contribution is -2.04. The molecule has 19 heavy (non-hydrogen) atoms. The van der Waals surface area contributed by atoms with E-state index in [-0.39, 0.29) is 0 Å². The third-order valence-corrected chi connectivity index (χ3v) is 4.08.